The molecule has 1 aromatic carbocycles. The van der Waals surface area contributed by atoms with Gasteiger partial charge < -0.3 is 5.73 Å². The molecule has 0 aliphatic rings. The van der Waals surface area contributed by atoms with E-state index in [0.29, 0.717) is 11.3 Å². The number of rotatable bonds is 2. The van der Waals surface area contributed by atoms with Gasteiger partial charge in [0.25, 0.3) is 0 Å². The van der Waals surface area contributed by atoms with Crippen LogP contribution in [-0.2, 0) is 0 Å². The second kappa shape index (κ2) is 3.77. The largest absolute Gasteiger partial charge is 0.384 e. The standard InChI is InChI=1S/C11H11FN4/c1-7-4-5-16(15-7)10-3-2-8(12)6-9(10)11(13)14/h2-6H,1H3,(H3,13,14). The Hall–Kier alpha value is -2.17. The van der Waals surface area contributed by atoms with Gasteiger partial charge in [-0.05, 0) is 31.2 Å². The molecule has 0 saturated carbocycles. The molecule has 0 saturated heterocycles. The molecule has 0 fully saturated rings. The molecule has 1 heterocycles. The highest BCUT2D eigenvalue weighted by molar-refractivity contribution is 5.98. The summed E-state index contributed by atoms with van der Waals surface area (Å²) in [6.45, 7) is 1.85. The van der Waals surface area contributed by atoms with E-state index in [1.165, 1.54) is 12.1 Å². The highest BCUT2D eigenvalue weighted by atomic mass is 19.1. The first-order chi connectivity index (χ1) is 7.58. The van der Waals surface area contributed by atoms with Gasteiger partial charge in [0.05, 0.1) is 11.4 Å². The summed E-state index contributed by atoms with van der Waals surface area (Å²) in [5.74, 6) is -0.597. The minimum absolute atomic E-state index is 0.178. The molecule has 0 spiro atoms. The molecule has 0 aliphatic heterocycles. The van der Waals surface area contributed by atoms with Crippen LogP contribution in [0.25, 0.3) is 5.69 Å². The Bertz CT molecular complexity index is 545. The van der Waals surface area contributed by atoms with E-state index in [9.17, 15) is 4.39 Å². The summed E-state index contributed by atoms with van der Waals surface area (Å²) >= 11 is 0. The fourth-order valence-electron chi connectivity index (χ4n) is 1.47. The van der Waals surface area contributed by atoms with Gasteiger partial charge in [-0.3, -0.25) is 5.41 Å². The highest BCUT2D eigenvalue weighted by Crippen LogP contribution is 2.15. The summed E-state index contributed by atoms with van der Waals surface area (Å²) in [5.41, 5.74) is 7.18. The Morgan fingerprint density at radius 1 is 1.44 bits per heavy atom. The fraction of sp³-hybridized carbons (Fsp3) is 0.0909. The molecule has 0 bridgehead atoms. The molecule has 82 valence electrons. The lowest BCUT2D eigenvalue weighted by Gasteiger charge is -2.08. The van der Waals surface area contributed by atoms with Crippen molar-refractivity contribution in [3.05, 3.63) is 47.5 Å². The zero-order valence-corrected chi connectivity index (χ0v) is 8.74. The Labute approximate surface area is 92.0 Å². The number of benzene rings is 1. The summed E-state index contributed by atoms with van der Waals surface area (Å²) in [7, 11) is 0. The summed E-state index contributed by atoms with van der Waals surface area (Å²) in [5, 5.41) is 11.6. The van der Waals surface area contributed by atoms with E-state index in [1.54, 1.807) is 16.9 Å². The van der Waals surface area contributed by atoms with Crippen LogP contribution in [-0.4, -0.2) is 15.6 Å². The predicted molar refractivity (Wildman–Crippen MR) is 59.3 cm³/mol. The molecule has 3 N–H and O–H groups in total. The maximum absolute atomic E-state index is 13.0. The second-order valence-electron chi connectivity index (χ2n) is 3.48. The molecule has 4 nitrogen and oxygen atoms in total. The topological polar surface area (TPSA) is 67.7 Å². The number of nitrogen functional groups attached to an aromatic ring is 1. The maximum atomic E-state index is 13.0. The number of halogens is 1. The number of nitrogens with zero attached hydrogens (tertiary/aromatic N) is 2. The van der Waals surface area contributed by atoms with E-state index in [1.807, 2.05) is 13.0 Å². The third-order valence-electron chi connectivity index (χ3n) is 2.22. The number of nitrogens with one attached hydrogen (secondary N) is 1. The average molecular weight is 218 g/mol. The van der Waals surface area contributed by atoms with E-state index in [-0.39, 0.29) is 5.84 Å². The zero-order chi connectivity index (χ0) is 11.7. The average Bonchev–Trinajstić information content (AvgIpc) is 2.64. The van der Waals surface area contributed by atoms with Crippen molar-refractivity contribution in [3.63, 3.8) is 0 Å². The van der Waals surface area contributed by atoms with Crippen molar-refractivity contribution in [2.45, 2.75) is 6.92 Å². The third kappa shape index (κ3) is 1.79. The number of aryl methyl sites for hydroxylation is 1. The molecule has 0 amide bonds. The van der Waals surface area contributed by atoms with Crippen LogP contribution in [0.15, 0.2) is 30.5 Å². The number of hydrogen-bond donors (Lipinski definition) is 2. The van der Waals surface area contributed by atoms with Gasteiger partial charge >= 0.3 is 0 Å². The predicted octanol–water partition coefficient (Wildman–Crippen LogP) is 1.60. The number of amidine groups is 1. The second-order valence-corrected chi connectivity index (χ2v) is 3.48. The first-order valence-electron chi connectivity index (χ1n) is 4.74. The summed E-state index contributed by atoms with van der Waals surface area (Å²) in [4.78, 5) is 0. The van der Waals surface area contributed by atoms with Crippen LogP contribution in [0.3, 0.4) is 0 Å². The van der Waals surface area contributed by atoms with Gasteiger partial charge in [0.1, 0.15) is 11.7 Å². The SMILES string of the molecule is Cc1ccn(-c2ccc(F)cc2C(=N)N)n1. The first kappa shape index (κ1) is 10.4. The minimum Gasteiger partial charge on any atom is -0.384 e. The van der Waals surface area contributed by atoms with Gasteiger partial charge in [-0.1, -0.05) is 0 Å². The monoisotopic (exact) mass is 218 g/mol. The Kier molecular flexibility index (Phi) is 2.44. The molecule has 5 heteroatoms. The van der Waals surface area contributed by atoms with Crippen LogP contribution in [0.2, 0.25) is 0 Å². The normalized spacial score (nSPS) is 10.4. The van der Waals surface area contributed by atoms with Crippen LogP contribution in [0.1, 0.15) is 11.3 Å². The van der Waals surface area contributed by atoms with Crippen LogP contribution in [0.5, 0.6) is 0 Å². The van der Waals surface area contributed by atoms with E-state index < -0.39 is 5.82 Å². The van der Waals surface area contributed by atoms with Crippen molar-refractivity contribution < 1.29 is 4.39 Å². The van der Waals surface area contributed by atoms with E-state index >= 15 is 0 Å². The molecular weight excluding hydrogens is 207 g/mol. The van der Waals surface area contributed by atoms with Crippen LogP contribution >= 0.6 is 0 Å². The van der Waals surface area contributed by atoms with Gasteiger partial charge in [-0.2, -0.15) is 5.10 Å². The van der Waals surface area contributed by atoms with Crippen molar-refractivity contribution in [1.82, 2.24) is 9.78 Å². The maximum Gasteiger partial charge on any atom is 0.125 e. The van der Waals surface area contributed by atoms with Crippen molar-refractivity contribution in [1.29, 1.82) is 5.41 Å². The lowest BCUT2D eigenvalue weighted by atomic mass is 10.1. The van der Waals surface area contributed by atoms with E-state index in [4.69, 9.17) is 11.1 Å². The van der Waals surface area contributed by atoms with Gasteiger partial charge in [0.2, 0.25) is 0 Å². The fourth-order valence-corrected chi connectivity index (χ4v) is 1.47. The molecule has 0 unspecified atom stereocenters. The van der Waals surface area contributed by atoms with Crippen LogP contribution in [0.4, 0.5) is 4.39 Å². The number of nitrogens with two attached hydrogens (primary N) is 1. The van der Waals surface area contributed by atoms with Crippen LogP contribution in [0, 0.1) is 18.2 Å². The lowest BCUT2D eigenvalue weighted by Crippen LogP contribution is -2.15. The highest BCUT2D eigenvalue weighted by Gasteiger charge is 2.09. The first-order valence-corrected chi connectivity index (χ1v) is 4.74. The summed E-state index contributed by atoms with van der Waals surface area (Å²) < 4.78 is 14.6. The molecular formula is C11H11FN4. The molecule has 16 heavy (non-hydrogen) atoms. The van der Waals surface area contributed by atoms with Crippen molar-refractivity contribution in [2.75, 3.05) is 0 Å². The zero-order valence-electron chi connectivity index (χ0n) is 8.74. The quantitative estimate of drug-likeness (QED) is 0.594. The molecule has 2 aromatic rings. The molecule has 0 aliphatic carbocycles. The summed E-state index contributed by atoms with van der Waals surface area (Å²) in [6, 6.07) is 5.93. The van der Waals surface area contributed by atoms with Gasteiger partial charge in [-0.15, -0.1) is 0 Å². The van der Waals surface area contributed by atoms with Crippen LogP contribution < -0.4 is 5.73 Å². The molecule has 2 rings (SSSR count). The molecule has 1 aromatic heterocycles. The Balaban J connectivity index is 2.60. The van der Waals surface area contributed by atoms with Crippen molar-refractivity contribution in [3.8, 4) is 5.69 Å². The summed E-state index contributed by atoms with van der Waals surface area (Å²) in [6.07, 6.45) is 1.75. The Morgan fingerprint density at radius 2 is 2.19 bits per heavy atom. The van der Waals surface area contributed by atoms with E-state index in [2.05, 4.69) is 5.10 Å². The third-order valence-corrected chi connectivity index (χ3v) is 2.22. The van der Waals surface area contributed by atoms with Crippen molar-refractivity contribution in [2.24, 2.45) is 5.73 Å². The Morgan fingerprint density at radius 3 is 2.75 bits per heavy atom. The van der Waals surface area contributed by atoms with Gasteiger partial charge in [-0.25, -0.2) is 9.07 Å². The number of hydrogen-bond acceptors (Lipinski definition) is 2. The van der Waals surface area contributed by atoms with E-state index in [0.717, 1.165) is 5.69 Å². The minimum atomic E-state index is -0.419. The molecule has 0 atom stereocenters. The smallest absolute Gasteiger partial charge is 0.125 e. The van der Waals surface area contributed by atoms with Gasteiger partial charge in [0.15, 0.2) is 0 Å². The number of aromatic nitrogens is 2. The van der Waals surface area contributed by atoms with Gasteiger partial charge in [0, 0.05) is 11.8 Å². The van der Waals surface area contributed by atoms with Crippen molar-refractivity contribution >= 4 is 5.84 Å². The molecule has 0 radical (unpaired) electrons. The lowest BCUT2D eigenvalue weighted by molar-refractivity contribution is 0.626.